The van der Waals surface area contributed by atoms with Gasteiger partial charge in [-0.25, -0.2) is 0 Å². The van der Waals surface area contributed by atoms with E-state index in [1.54, 1.807) is 0 Å². The van der Waals surface area contributed by atoms with Gasteiger partial charge in [-0.05, 0) is 33.5 Å². The summed E-state index contributed by atoms with van der Waals surface area (Å²) in [5, 5.41) is 0. The average Bonchev–Trinajstić information content (AvgIpc) is 2.42. The van der Waals surface area contributed by atoms with Crippen molar-refractivity contribution in [1.82, 2.24) is 0 Å². The van der Waals surface area contributed by atoms with E-state index in [1.165, 1.54) is 7.11 Å². The van der Waals surface area contributed by atoms with E-state index in [0.29, 0.717) is 23.0 Å². The fraction of sp³-hybridized carbons (Fsp3) is 0.824. The number of esters is 1. The van der Waals surface area contributed by atoms with Crippen molar-refractivity contribution >= 4 is 36.9 Å². The number of halogens is 1. The molecule has 0 spiro atoms. The first-order valence-corrected chi connectivity index (χ1v) is 11.6. The topological polar surface area (TPSA) is 35.5 Å². The molecule has 0 aromatic heterocycles. The van der Waals surface area contributed by atoms with Crippen molar-refractivity contribution in [3.63, 3.8) is 0 Å². The van der Waals surface area contributed by atoms with Crippen LogP contribution in [0.5, 0.6) is 0 Å². The molecule has 0 heterocycles. The zero-order valence-corrected chi connectivity index (χ0v) is 18.3. The lowest BCUT2D eigenvalue weighted by molar-refractivity contribution is -0.140. The fourth-order valence-corrected chi connectivity index (χ4v) is 9.50. The first-order chi connectivity index (χ1) is 10.2. The van der Waals surface area contributed by atoms with Crippen LogP contribution in [0.15, 0.2) is 10.2 Å². The van der Waals surface area contributed by atoms with Crippen molar-refractivity contribution < 1.29 is 14.0 Å². The van der Waals surface area contributed by atoms with Gasteiger partial charge in [0.1, 0.15) is 0 Å². The molecule has 1 atom stereocenters. The normalized spacial score (nSPS) is 14.3. The molecule has 5 heteroatoms. The maximum Gasteiger partial charge on any atom is 0.305 e. The van der Waals surface area contributed by atoms with E-state index in [0.717, 1.165) is 12.8 Å². The van der Waals surface area contributed by atoms with Crippen molar-refractivity contribution in [1.29, 1.82) is 0 Å². The minimum atomic E-state index is -1.88. The number of hydrogen-bond acceptors (Lipinski definition) is 3. The van der Waals surface area contributed by atoms with Gasteiger partial charge in [0, 0.05) is 6.42 Å². The van der Waals surface area contributed by atoms with Crippen LogP contribution in [0.25, 0.3) is 0 Å². The molecule has 0 aromatic carbocycles. The highest BCUT2D eigenvalue weighted by atomic mass is 127. The van der Waals surface area contributed by atoms with Gasteiger partial charge in [0.25, 0.3) is 0 Å². The molecule has 22 heavy (non-hydrogen) atoms. The molecular formula is C17H33IO3Si. The first kappa shape index (κ1) is 22.1. The highest BCUT2D eigenvalue weighted by Gasteiger charge is 2.46. The Morgan fingerprint density at radius 3 is 1.95 bits per heavy atom. The van der Waals surface area contributed by atoms with E-state index < -0.39 is 8.32 Å². The Morgan fingerprint density at radius 2 is 1.59 bits per heavy atom. The molecule has 0 saturated carbocycles. The number of carbonyl (C=O) groups excluding carboxylic acids is 1. The molecule has 130 valence electrons. The summed E-state index contributed by atoms with van der Waals surface area (Å²) in [4.78, 5) is 11.3. The monoisotopic (exact) mass is 440 g/mol. The molecule has 0 aliphatic rings. The Hall–Kier alpha value is 0.117. The summed E-state index contributed by atoms with van der Waals surface area (Å²) < 4.78 is 13.5. The molecule has 0 bridgehead atoms. The number of rotatable bonds is 10. The van der Waals surface area contributed by atoms with Crippen LogP contribution in [0, 0.1) is 0 Å². The van der Waals surface area contributed by atoms with Crippen LogP contribution in [0.1, 0.15) is 60.8 Å². The molecular weight excluding hydrogens is 407 g/mol. The molecule has 0 rings (SSSR count). The summed E-state index contributed by atoms with van der Waals surface area (Å²) in [6.45, 7) is 13.8. The van der Waals surface area contributed by atoms with Crippen LogP contribution in [0.3, 0.4) is 0 Å². The van der Waals surface area contributed by atoms with Crippen molar-refractivity contribution in [3.05, 3.63) is 10.2 Å². The summed E-state index contributed by atoms with van der Waals surface area (Å²) in [5.41, 5.74) is 1.70. The van der Waals surface area contributed by atoms with Crippen molar-refractivity contribution in [2.24, 2.45) is 0 Å². The second-order valence-electron chi connectivity index (χ2n) is 6.76. The molecule has 0 aliphatic carbocycles. The van der Waals surface area contributed by atoms with Crippen molar-refractivity contribution in [2.75, 3.05) is 7.11 Å². The van der Waals surface area contributed by atoms with Gasteiger partial charge in [0.15, 0.2) is 0 Å². The SMILES string of the molecule is COC(=O)CCC[C@@H](/C=C/I)O[Si](C(C)C)(C(C)C)C(C)C. The summed E-state index contributed by atoms with van der Waals surface area (Å²) in [6.07, 6.45) is 4.37. The molecule has 0 aromatic rings. The minimum Gasteiger partial charge on any atom is -0.469 e. The van der Waals surface area contributed by atoms with E-state index in [9.17, 15) is 4.79 Å². The van der Waals surface area contributed by atoms with Crippen molar-refractivity contribution in [2.45, 2.75) is 83.5 Å². The second-order valence-corrected chi connectivity index (χ2v) is 12.9. The van der Waals surface area contributed by atoms with Crippen LogP contribution in [0.4, 0.5) is 0 Å². The predicted octanol–water partition coefficient (Wildman–Crippen LogP) is 5.84. The zero-order chi connectivity index (χ0) is 17.3. The van der Waals surface area contributed by atoms with Crippen LogP contribution in [-0.2, 0) is 14.0 Å². The minimum absolute atomic E-state index is 0.0976. The summed E-state index contributed by atoms with van der Waals surface area (Å²) >= 11 is 2.24. The van der Waals surface area contributed by atoms with Gasteiger partial charge in [-0.2, -0.15) is 0 Å². The van der Waals surface area contributed by atoms with Crippen LogP contribution >= 0.6 is 22.6 Å². The van der Waals surface area contributed by atoms with E-state index in [1.807, 2.05) is 4.08 Å². The molecule has 0 amide bonds. The van der Waals surface area contributed by atoms with Crippen LogP contribution < -0.4 is 0 Å². The van der Waals surface area contributed by atoms with E-state index in [4.69, 9.17) is 9.16 Å². The van der Waals surface area contributed by atoms with E-state index in [-0.39, 0.29) is 12.1 Å². The lowest BCUT2D eigenvalue weighted by atomic mass is 10.1. The Morgan fingerprint density at radius 1 is 1.09 bits per heavy atom. The third-order valence-corrected chi connectivity index (χ3v) is 11.0. The molecule has 0 fully saturated rings. The summed E-state index contributed by atoms with van der Waals surface area (Å²) in [7, 11) is -0.444. The van der Waals surface area contributed by atoms with Gasteiger partial charge >= 0.3 is 5.97 Å². The summed E-state index contributed by atoms with van der Waals surface area (Å²) in [6, 6.07) is 0. The molecule has 0 unspecified atom stereocenters. The van der Waals surface area contributed by atoms with E-state index >= 15 is 0 Å². The van der Waals surface area contributed by atoms with Gasteiger partial charge in [0.05, 0.1) is 13.2 Å². The fourth-order valence-electron chi connectivity index (χ4n) is 3.50. The molecule has 0 radical (unpaired) electrons. The molecule has 0 aliphatic heterocycles. The van der Waals surface area contributed by atoms with Crippen molar-refractivity contribution in [3.8, 4) is 0 Å². The zero-order valence-electron chi connectivity index (χ0n) is 15.2. The van der Waals surface area contributed by atoms with Gasteiger partial charge in [-0.3, -0.25) is 4.79 Å². The Bertz CT molecular complexity index is 332. The largest absolute Gasteiger partial charge is 0.469 e. The maximum atomic E-state index is 11.3. The third-order valence-electron chi connectivity index (χ3n) is 4.45. The number of methoxy groups -OCH3 is 1. The second kappa shape index (κ2) is 10.8. The third kappa shape index (κ3) is 6.32. The van der Waals surface area contributed by atoms with Crippen LogP contribution in [-0.4, -0.2) is 27.5 Å². The van der Waals surface area contributed by atoms with Crippen LogP contribution in [0.2, 0.25) is 16.6 Å². The standard InChI is InChI=1S/C17H33IO3Si/c1-13(2)22(14(3)4,15(5)6)21-16(11-12-18)9-8-10-17(19)20-7/h11-16H,8-10H2,1-7H3/b12-11+/t16-/m0/s1. The number of carbonyl (C=O) groups is 1. The van der Waals surface area contributed by atoms with Gasteiger partial charge < -0.3 is 9.16 Å². The van der Waals surface area contributed by atoms with Gasteiger partial charge in [-0.1, -0.05) is 70.2 Å². The molecule has 0 saturated heterocycles. The first-order valence-electron chi connectivity index (χ1n) is 8.23. The predicted molar refractivity (Wildman–Crippen MR) is 105 cm³/mol. The Labute approximate surface area is 151 Å². The lowest BCUT2D eigenvalue weighted by Gasteiger charge is -2.44. The highest BCUT2D eigenvalue weighted by molar-refractivity contribution is 14.1. The lowest BCUT2D eigenvalue weighted by Crippen LogP contribution is -2.49. The quantitative estimate of drug-likeness (QED) is 0.243. The van der Waals surface area contributed by atoms with Gasteiger partial charge in [0.2, 0.25) is 8.32 Å². The molecule has 0 N–H and O–H groups in total. The number of ether oxygens (including phenoxy) is 1. The smallest absolute Gasteiger partial charge is 0.305 e. The average molecular weight is 440 g/mol. The Balaban J connectivity index is 5.04. The van der Waals surface area contributed by atoms with E-state index in [2.05, 4.69) is 70.2 Å². The van der Waals surface area contributed by atoms with Gasteiger partial charge in [-0.15, -0.1) is 0 Å². The number of hydrogen-bond donors (Lipinski definition) is 0. The summed E-state index contributed by atoms with van der Waals surface area (Å²) in [5.74, 6) is -0.141. The maximum absolute atomic E-state index is 11.3. The highest BCUT2D eigenvalue weighted by Crippen LogP contribution is 2.43. The Kier molecular flexibility index (Phi) is 10.9. The molecule has 3 nitrogen and oxygen atoms in total.